The Balaban J connectivity index is 1.91. The van der Waals surface area contributed by atoms with E-state index in [0.717, 1.165) is 10.4 Å². The van der Waals surface area contributed by atoms with Gasteiger partial charge in [-0.2, -0.15) is 9.97 Å². The van der Waals surface area contributed by atoms with E-state index in [4.69, 9.17) is 11.6 Å². The van der Waals surface area contributed by atoms with E-state index in [-0.39, 0.29) is 5.28 Å². The highest BCUT2D eigenvalue weighted by Gasteiger charge is 2.08. The molecule has 0 aliphatic carbocycles. The predicted octanol–water partition coefficient (Wildman–Crippen LogP) is 2.07. The van der Waals surface area contributed by atoms with E-state index in [1.54, 1.807) is 23.2 Å². The molecule has 17 heavy (non-hydrogen) atoms. The van der Waals surface area contributed by atoms with Crippen LogP contribution >= 0.6 is 22.9 Å². The number of H-pyrrole nitrogens is 1. The number of anilines is 1. The van der Waals surface area contributed by atoms with E-state index in [9.17, 15) is 0 Å². The smallest absolute Gasteiger partial charge is 0.226 e. The van der Waals surface area contributed by atoms with E-state index < -0.39 is 0 Å². The third kappa shape index (κ3) is 2.06. The highest BCUT2D eigenvalue weighted by molar-refractivity contribution is 7.09. The van der Waals surface area contributed by atoms with Gasteiger partial charge >= 0.3 is 0 Å². The molecule has 0 saturated carbocycles. The molecule has 0 atom stereocenters. The summed E-state index contributed by atoms with van der Waals surface area (Å²) in [6.45, 7) is 0.645. The number of hydrogen-bond donors (Lipinski definition) is 2. The molecule has 0 fully saturated rings. The molecule has 8 heteroatoms. The number of nitrogens with zero attached hydrogens (tertiary/aromatic N) is 4. The number of thiazole rings is 1. The van der Waals surface area contributed by atoms with Crippen LogP contribution in [0.2, 0.25) is 5.28 Å². The zero-order valence-corrected chi connectivity index (χ0v) is 10.1. The summed E-state index contributed by atoms with van der Waals surface area (Å²) in [5, 5.41) is 3.36. The highest BCUT2D eigenvalue weighted by atomic mass is 35.5. The summed E-state index contributed by atoms with van der Waals surface area (Å²) < 4.78 is 0. The van der Waals surface area contributed by atoms with E-state index >= 15 is 0 Å². The summed E-state index contributed by atoms with van der Waals surface area (Å²) in [6.07, 6.45) is 3.37. The molecule has 0 bridgehead atoms. The quantitative estimate of drug-likeness (QED) is 0.710. The van der Waals surface area contributed by atoms with Gasteiger partial charge in [0.15, 0.2) is 11.5 Å². The van der Waals surface area contributed by atoms with E-state index in [1.165, 1.54) is 0 Å². The van der Waals surface area contributed by atoms with Crippen molar-refractivity contribution in [2.75, 3.05) is 5.32 Å². The fraction of sp³-hybridized carbons (Fsp3) is 0.111. The average molecular weight is 267 g/mol. The first-order chi connectivity index (χ1) is 8.33. The third-order valence-corrected chi connectivity index (χ3v) is 3.12. The van der Waals surface area contributed by atoms with Gasteiger partial charge in [-0.3, -0.25) is 4.98 Å². The third-order valence-electron chi connectivity index (χ3n) is 2.17. The summed E-state index contributed by atoms with van der Waals surface area (Å²) in [6, 6.07) is 0. The van der Waals surface area contributed by atoms with Gasteiger partial charge in [0.2, 0.25) is 5.28 Å². The summed E-state index contributed by atoms with van der Waals surface area (Å²) in [5.74, 6) is 0.644. The molecule has 3 aromatic rings. The van der Waals surface area contributed by atoms with Gasteiger partial charge in [-0.25, -0.2) is 4.98 Å². The van der Waals surface area contributed by atoms with Crippen LogP contribution in [0.1, 0.15) is 4.88 Å². The van der Waals surface area contributed by atoms with E-state index in [2.05, 4.69) is 30.2 Å². The van der Waals surface area contributed by atoms with Crippen molar-refractivity contribution in [3.63, 3.8) is 0 Å². The molecular formula is C9H7ClN6S. The molecule has 0 radical (unpaired) electrons. The maximum atomic E-state index is 5.82. The van der Waals surface area contributed by atoms with Crippen LogP contribution in [0.3, 0.4) is 0 Å². The Kier molecular flexibility index (Phi) is 2.62. The zero-order chi connectivity index (χ0) is 11.7. The maximum Gasteiger partial charge on any atom is 0.226 e. The SMILES string of the molecule is Clc1nc(NCc2cncs2)c2[nH]cnc2n1. The van der Waals surface area contributed by atoms with Gasteiger partial charge < -0.3 is 10.3 Å². The molecule has 0 unspecified atom stereocenters. The van der Waals surface area contributed by atoms with Crippen molar-refractivity contribution in [1.29, 1.82) is 0 Å². The van der Waals surface area contributed by atoms with Crippen molar-refractivity contribution in [1.82, 2.24) is 24.9 Å². The number of fused-ring (bicyclic) bond motifs is 1. The summed E-state index contributed by atoms with van der Waals surface area (Å²) in [5.41, 5.74) is 3.09. The number of nitrogens with one attached hydrogen (secondary N) is 2. The van der Waals surface area contributed by atoms with Crippen LogP contribution in [0.4, 0.5) is 5.82 Å². The molecule has 6 nitrogen and oxygen atoms in total. The van der Waals surface area contributed by atoms with Crippen LogP contribution in [0.5, 0.6) is 0 Å². The largest absolute Gasteiger partial charge is 0.363 e. The lowest BCUT2D eigenvalue weighted by atomic mass is 10.4. The summed E-state index contributed by atoms with van der Waals surface area (Å²) in [4.78, 5) is 20.3. The normalized spacial score (nSPS) is 10.9. The second-order valence-electron chi connectivity index (χ2n) is 3.26. The van der Waals surface area contributed by atoms with Crippen LogP contribution in [-0.4, -0.2) is 24.9 Å². The van der Waals surface area contributed by atoms with Crippen molar-refractivity contribution >= 4 is 39.9 Å². The Bertz CT molecular complexity index is 634. The fourth-order valence-corrected chi connectivity index (χ4v) is 2.13. The van der Waals surface area contributed by atoms with Gasteiger partial charge in [-0.15, -0.1) is 11.3 Å². The number of hydrogen-bond acceptors (Lipinski definition) is 6. The van der Waals surface area contributed by atoms with Crippen LogP contribution in [0, 0.1) is 0 Å². The zero-order valence-electron chi connectivity index (χ0n) is 8.51. The molecule has 0 aromatic carbocycles. The van der Waals surface area contributed by atoms with Crippen LogP contribution in [0.15, 0.2) is 18.0 Å². The Labute approximate surface area is 105 Å². The van der Waals surface area contributed by atoms with Crippen molar-refractivity contribution in [2.45, 2.75) is 6.54 Å². The van der Waals surface area contributed by atoms with Gasteiger partial charge in [0.25, 0.3) is 0 Å². The second-order valence-corrected chi connectivity index (χ2v) is 4.57. The Morgan fingerprint density at radius 2 is 2.35 bits per heavy atom. The minimum atomic E-state index is 0.177. The number of aromatic amines is 1. The lowest BCUT2D eigenvalue weighted by Crippen LogP contribution is -2.02. The summed E-state index contributed by atoms with van der Waals surface area (Å²) in [7, 11) is 0. The molecule has 2 N–H and O–H groups in total. The number of aromatic nitrogens is 5. The molecule has 0 saturated heterocycles. The molecule has 86 valence electrons. The minimum absolute atomic E-state index is 0.177. The first-order valence-electron chi connectivity index (χ1n) is 4.81. The molecule has 0 aliphatic rings. The summed E-state index contributed by atoms with van der Waals surface area (Å²) >= 11 is 7.39. The van der Waals surface area contributed by atoms with Crippen molar-refractivity contribution in [2.24, 2.45) is 0 Å². The van der Waals surface area contributed by atoms with Crippen LogP contribution < -0.4 is 5.32 Å². The number of halogens is 1. The topological polar surface area (TPSA) is 79.4 Å². The van der Waals surface area contributed by atoms with Gasteiger partial charge in [-0.1, -0.05) is 0 Å². The highest BCUT2D eigenvalue weighted by Crippen LogP contribution is 2.19. The predicted molar refractivity (Wildman–Crippen MR) is 66.1 cm³/mol. The molecule has 3 rings (SSSR count). The lowest BCUT2D eigenvalue weighted by Gasteiger charge is -2.04. The van der Waals surface area contributed by atoms with E-state index in [0.29, 0.717) is 18.0 Å². The molecular weight excluding hydrogens is 260 g/mol. The molecule has 0 spiro atoms. The number of imidazole rings is 1. The van der Waals surface area contributed by atoms with Crippen molar-refractivity contribution in [3.8, 4) is 0 Å². The molecule has 3 heterocycles. The van der Waals surface area contributed by atoms with Crippen LogP contribution in [-0.2, 0) is 6.54 Å². The fourth-order valence-electron chi connectivity index (χ4n) is 1.43. The minimum Gasteiger partial charge on any atom is -0.363 e. The molecule has 3 aromatic heterocycles. The van der Waals surface area contributed by atoms with Crippen molar-refractivity contribution < 1.29 is 0 Å². The van der Waals surface area contributed by atoms with Crippen LogP contribution in [0.25, 0.3) is 11.2 Å². The monoisotopic (exact) mass is 266 g/mol. The molecule has 0 amide bonds. The van der Waals surface area contributed by atoms with Gasteiger partial charge in [-0.05, 0) is 11.6 Å². The van der Waals surface area contributed by atoms with Gasteiger partial charge in [0.1, 0.15) is 5.52 Å². The number of rotatable bonds is 3. The standard InChI is InChI=1S/C9H7ClN6S/c10-9-15-7(6-8(16-9)14-3-13-6)12-2-5-1-11-4-17-5/h1,3-4H,2H2,(H2,12,13,14,15,16). The van der Waals surface area contributed by atoms with Gasteiger partial charge in [0.05, 0.1) is 18.4 Å². The second kappa shape index (κ2) is 4.27. The first-order valence-corrected chi connectivity index (χ1v) is 6.06. The first kappa shape index (κ1) is 10.4. The Hall–Kier alpha value is -1.73. The lowest BCUT2D eigenvalue weighted by molar-refractivity contribution is 1.11. The Morgan fingerprint density at radius 3 is 3.18 bits per heavy atom. The average Bonchev–Trinajstić information content (AvgIpc) is 2.95. The van der Waals surface area contributed by atoms with Gasteiger partial charge in [0, 0.05) is 11.1 Å². The molecule has 0 aliphatic heterocycles. The maximum absolute atomic E-state index is 5.82. The Morgan fingerprint density at radius 1 is 1.41 bits per heavy atom. The van der Waals surface area contributed by atoms with Crippen molar-refractivity contribution in [3.05, 3.63) is 28.2 Å². The van der Waals surface area contributed by atoms with E-state index in [1.807, 2.05) is 6.20 Å².